The Labute approximate surface area is 145 Å². The van der Waals surface area contributed by atoms with Gasteiger partial charge in [0, 0.05) is 13.1 Å². The molecule has 1 heterocycles. The number of nitrogens with one attached hydrogen (secondary N) is 1. The fourth-order valence-electron chi connectivity index (χ4n) is 3.07. The Balaban J connectivity index is 2.35. The molecule has 0 radical (unpaired) electrons. The van der Waals surface area contributed by atoms with Crippen molar-refractivity contribution in [2.45, 2.75) is 17.7 Å². The fraction of sp³-hybridized carbons (Fsp3) is 0.562. The number of carbonyl (C=O) groups excluding carboxylic acids is 1. The molecule has 1 unspecified atom stereocenters. The number of ether oxygens (including phenoxy) is 1. The van der Waals surface area contributed by atoms with Crippen LogP contribution >= 0.6 is 11.8 Å². The predicted octanol–water partition coefficient (Wildman–Crippen LogP) is 2.40. The van der Waals surface area contributed by atoms with Crippen molar-refractivity contribution in [1.82, 2.24) is 10.2 Å². The topological polar surface area (TPSA) is 84.7 Å². The van der Waals surface area contributed by atoms with Crippen LogP contribution in [0.4, 0.5) is 5.69 Å². The summed E-state index contributed by atoms with van der Waals surface area (Å²) in [4.78, 5) is 26.2. The minimum absolute atomic E-state index is 0.134. The summed E-state index contributed by atoms with van der Waals surface area (Å²) in [5.41, 5.74) is -0.0688. The molecule has 1 saturated heterocycles. The third-order valence-corrected chi connectivity index (χ3v) is 4.99. The van der Waals surface area contributed by atoms with Crippen LogP contribution < -0.4 is 10.1 Å². The molecule has 132 valence electrons. The lowest BCUT2D eigenvalue weighted by molar-refractivity contribution is -0.385. The van der Waals surface area contributed by atoms with E-state index in [1.54, 1.807) is 11.0 Å². The molecule has 1 N–H and O–H groups in total. The maximum atomic E-state index is 12.9. The van der Waals surface area contributed by atoms with Crippen molar-refractivity contribution in [3.63, 3.8) is 0 Å². The summed E-state index contributed by atoms with van der Waals surface area (Å²) in [6, 6.07) is 2.92. The molecule has 0 bridgehead atoms. The maximum absolute atomic E-state index is 12.9. The summed E-state index contributed by atoms with van der Waals surface area (Å²) in [7, 11) is 3.35. The fourth-order valence-corrected chi connectivity index (χ4v) is 3.64. The van der Waals surface area contributed by atoms with E-state index in [-0.39, 0.29) is 17.2 Å². The monoisotopic (exact) mass is 353 g/mol. The normalized spacial score (nSPS) is 17.6. The van der Waals surface area contributed by atoms with Gasteiger partial charge in [0.05, 0.1) is 23.0 Å². The second-order valence-electron chi connectivity index (χ2n) is 5.80. The van der Waals surface area contributed by atoms with Gasteiger partial charge in [0.2, 0.25) is 0 Å². The van der Waals surface area contributed by atoms with Crippen molar-refractivity contribution >= 4 is 23.4 Å². The first-order chi connectivity index (χ1) is 11.5. The summed E-state index contributed by atoms with van der Waals surface area (Å²) < 4.78 is 5.20. The van der Waals surface area contributed by atoms with E-state index in [2.05, 4.69) is 5.32 Å². The minimum atomic E-state index is -0.519. The third-order valence-electron chi connectivity index (χ3n) is 4.23. The molecule has 0 spiro atoms. The third kappa shape index (κ3) is 3.99. The van der Waals surface area contributed by atoms with Gasteiger partial charge < -0.3 is 15.0 Å². The molecule has 1 aliphatic heterocycles. The van der Waals surface area contributed by atoms with E-state index >= 15 is 0 Å². The van der Waals surface area contributed by atoms with Crippen LogP contribution in [0.1, 0.15) is 23.2 Å². The zero-order valence-electron chi connectivity index (χ0n) is 14.2. The van der Waals surface area contributed by atoms with Crippen LogP contribution in [0.2, 0.25) is 0 Å². The molecular weight excluding hydrogens is 330 g/mol. The van der Waals surface area contributed by atoms with E-state index in [1.807, 2.05) is 13.3 Å². The number of piperidine rings is 1. The van der Waals surface area contributed by atoms with Gasteiger partial charge in [0.15, 0.2) is 0 Å². The minimum Gasteiger partial charge on any atom is -0.495 e. The molecule has 1 aromatic rings. The number of thioether (sulfide) groups is 1. The quantitative estimate of drug-likeness (QED) is 0.480. The van der Waals surface area contributed by atoms with E-state index in [0.717, 1.165) is 24.3 Å². The smallest absolute Gasteiger partial charge is 0.285 e. The number of nitro groups is 1. The number of carbonyl (C=O) groups is 1. The lowest BCUT2D eigenvalue weighted by Gasteiger charge is -2.32. The van der Waals surface area contributed by atoms with E-state index in [9.17, 15) is 14.9 Å². The molecule has 1 aliphatic rings. The highest BCUT2D eigenvalue weighted by Crippen LogP contribution is 2.35. The van der Waals surface area contributed by atoms with Crippen molar-refractivity contribution in [1.29, 1.82) is 0 Å². The molecular formula is C16H23N3O4S. The van der Waals surface area contributed by atoms with Gasteiger partial charge in [-0.25, -0.2) is 0 Å². The summed E-state index contributed by atoms with van der Waals surface area (Å²) in [6.07, 6.45) is 3.82. The summed E-state index contributed by atoms with van der Waals surface area (Å²) in [5, 5.41) is 14.5. The standard InChI is InChI=1S/C16H23N3O4S/c1-17-9-11-5-4-6-18(10-11)16(20)12-7-15(24-3)14(23-2)8-13(12)19(21)22/h7-8,11,17H,4-6,9-10H2,1-3H3. The number of hydrogen-bond acceptors (Lipinski definition) is 6. The zero-order valence-corrected chi connectivity index (χ0v) is 15.0. The Kier molecular flexibility index (Phi) is 6.44. The Morgan fingerprint density at radius 2 is 2.29 bits per heavy atom. The Morgan fingerprint density at radius 1 is 1.54 bits per heavy atom. The van der Waals surface area contributed by atoms with Crippen molar-refractivity contribution < 1.29 is 14.5 Å². The van der Waals surface area contributed by atoms with Crippen LogP contribution in [0, 0.1) is 16.0 Å². The van der Waals surface area contributed by atoms with Crippen molar-refractivity contribution in [2.75, 3.05) is 40.0 Å². The van der Waals surface area contributed by atoms with Gasteiger partial charge in [-0.05, 0) is 44.7 Å². The highest BCUT2D eigenvalue weighted by Gasteiger charge is 2.30. The molecule has 24 heavy (non-hydrogen) atoms. The van der Waals surface area contributed by atoms with Gasteiger partial charge in [-0.15, -0.1) is 11.8 Å². The highest BCUT2D eigenvalue weighted by molar-refractivity contribution is 7.98. The Hall–Kier alpha value is -1.80. The first-order valence-corrected chi connectivity index (χ1v) is 9.08. The molecule has 7 nitrogen and oxygen atoms in total. The molecule has 2 rings (SSSR count). The number of hydrogen-bond donors (Lipinski definition) is 1. The summed E-state index contributed by atoms with van der Waals surface area (Å²) >= 11 is 1.40. The average molecular weight is 353 g/mol. The van der Waals surface area contributed by atoms with Crippen LogP contribution in [0.15, 0.2) is 17.0 Å². The van der Waals surface area contributed by atoms with Crippen molar-refractivity contribution in [2.24, 2.45) is 5.92 Å². The second-order valence-corrected chi connectivity index (χ2v) is 6.65. The summed E-state index contributed by atoms with van der Waals surface area (Å²) in [5.74, 6) is 0.517. The number of nitro benzene ring substituents is 1. The number of rotatable bonds is 6. The number of amides is 1. The SMILES string of the molecule is CNCC1CCCN(C(=O)c2cc(SC)c(OC)cc2[N+](=O)[O-])C1. The van der Waals surface area contributed by atoms with Gasteiger partial charge in [0.1, 0.15) is 11.3 Å². The van der Waals surface area contributed by atoms with Gasteiger partial charge in [-0.1, -0.05) is 0 Å². The molecule has 1 amide bonds. The highest BCUT2D eigenvalue weighted by atomic mass is 32.2. The molecule has 0 aromatic heterocycles. The second kappa shape index (κ2) is 8.34. The Bertz CT molecular complexity index is 622. The maximum Gasteiger partial charge on any atom is 0.285 e. The number of likely N-dealkylation sites (tertiary alicyclic amines) is 1. The molecule has 1 fully saturated rings. The largest absolute Gasteiger partial charge is 0.495 e. The first-order valence-electron chi connectivity index (χ1n) is 7.86. The molecule has 0 saturated carbocycles. The van der Waals surface area contributed by atoms with Crippen molar-refractivity contribution in [3.8, 4) is 5.75 Å². The summed E-state index contributed by atoms with van der Waals surface area (Å²) in [6.45, 7) is 2.10. The molecule has 0 aliphatic carbocycles. The van der Waals surface area contributed by atoms with Gasteiger partial charge >= 0.3 is 0 Å². The Morgan fingerprint density at radius 3 is 2.88 bits per heavy atom. The predicted molar refractivity (Wildman–Crippen MR) is 94.0 cm³/mol. The zero-order chi connectivity index (χ0) is 17.7. The van der Waals surface area contributed by atoms with Crippen LogP contribution in [0.3, 0.4) is 0 Å². The first kappa shape index (κ1) is 18.5. The van der Waals surface area contributed by atoms with Gasteiger partial charge in [-0.2, -0.15) is 0 Å². The lowest BCUT2D eigenvalue weighted by atomic mass is 9.97. The van der Waals surface area contributed by atoms with Crippen molar-refractivity contribution in [3.05, 3.63) is 27.8 Å². The van der Waals surface area contributed by atoms with E-state index in [0.29, 0.717) is 24.8 Å². The van der Waals surface area contributed by atoms with Crippen LogP contribution in [0.25, 0.3) is 0 Å². The van der Waals surface area contributed by atoms with Crippen LogP contribution in [-0.4, -0.2) is 55.8 Å². The van der Waals surface area contributed by atoms with Crippen LogP contribution in [-0.2, 0) is 0 Å². The molecule has 1 atom stereocenters. The van der Waals surface area contributed by atoms with E-state index in [1.165, 1.54) is 24.9 Å². The number of nitrogens with zero attached hydrogens (tertiary/aromatic N) is 2. The lowest BCUT2D eigenvalue weighted by Crippen LogP contribution is -2.42. The van der Waals surface area contributed by atoms with Crippen LogP contribution in [0.5, 0.6) is 5.75 Å². The van der Waals surface area contributed by atoms with Gasteiger partial charge in [0.25, 0.3) is 11.6 Å². The van der Waals surface area contributed by atoms with E-state index in [4.69, 9.17) is 4.74 Å². The molecule has 1 aromatic carbocycles. The van der Waals surface area contributed by atoms with Gasteiger partial charge in [-0.3, -0.25) is 14.9 Å². The molecule has 8 heteroatoms. The number of methoxy groups -OCH3 is 1. The number of benzene rings is 1. The van der Waals surface area contributed by atoms with E-state index < -0.39 is 4.92 Å². The average Bonchev–Trinajstić information content (AvgIpc) is 2.60.